The first-order valence-electron chi connectivity index (χ1n) is 6.25. The van der Waals surface area contributed by atoms with Crippen molar-refractivity contribution in [3.05, 3.63) is 29.2 Å². The lowest BCUT2D eigenvalue weighted by Gasteiger charge is -2.29. The minimum atomic E-state index is -0.351. The third-order valence-electron chi connectivity index (χ3n) is 3.05. The SMILES string of the molecule is CC(C)(C)C(CO)NC(=O)c1cn2nc(Cl)ccc2n1. The van der Waals surface area contributed by atoms with Gasteiger partial charge in [0.05, 0.1) is 18.8 Å². The molecule has 1 amide bonds. The average molecular weight is 297 g/mol. The van der Waals surface area contributed by atoms with Crippen molar-refractivity contribution in [2.45, 2.75) is 26.8 Å². The van der Waals surface area contributed by atoms with E-state index in [2.05, 4.69) is 15.4 Å². The fraction of sp³-hybridized carbons (Fsp3) is 0.462. The van der Waals surface area contributed by atoms with Crippen LogP contribution >= 0.6 is 11.6 Å². The zero-order chi connectivity index (χ0) is 14.9. The predicted molar refractivity (Wildman–Crippen MR) is 75.8 cm³/mol. The van der Waals surface area contributed by atoms with Crippen LogP contribution < -0.4 is 5.32 Å². The second-order valence-corrected chi connectivity index (χ2v) is 6.05. The lowest BCUT2D eigenvalue weighted by molar-refractivity contribution is 0.0843. The number of imidazole rings is 1. The number of hydrogen-bond donors (Lipinski definition) is 2. The molecule has 0 radical (unpaired) electrons. The second-order valence-electron chi connectivity index (χ2n) is 5.66. The number of fused-ring (bicyclic) bond motifs is 1. The van der Waals surface area contributed by atoms with E-state index in [9.17, 15) is 9.90 Å². The first-order valence-corrected chi connectivity index (χ1v) is 6.62. The number of aromatic nitrogens is 3. The zero-order valence-corrected chi connectivity index (χ0v) is 12.3. The summed E-state index contributed by atoms with van der Waals surface area (Å²) in [6.45, 7) is 5.70. The first-order chi connectivity index (χ1) is 9.31. The van der Waals surface area contributed by atoms with Crippen molar-refractivity contribution in [1.29, 1.82) is 0 Å². The van der Waals surface area contributed by atoms with E-state index in [1.54, 1.807) is 12.1 Å². The lowest BCUT2D eigenvalue weighted by Crippen LogP contribution is -2.46. The summed E-state index contributed by atoms with van der Waals surface area (Å²) in [6.07, 6.45) is 1.51. The summed E-state index contributed by atoms with van der Waals surface area (Å²) in [5.41, 5.74) is 0.531. The van der Waals surface area contributed by atoms with Crippen LogP contribution in [0.1, 0.15) is 31.3 Å². The largest absolute Gasteiger partial charge is 0.394 e. The molecule has 0 aliphatic carbocycles. The molecule has 0 bridgehead atoms. The Hall–Kier alpha value is -1.66. The molecule has 0 aliphatic rings. The third-order valence-corrected chi connectivity index (χ3v) is 3.26. The molecule has 1 unspecified atom stereocenters. The van der Waals surface area contributed by atoms with E-state index in [1.165, 1.54) is 10.7 Å². The number of carbonyl (C=O) groups is 1. The van der Waals surface area contributed by atoms with Gasteiger partial charge in [-0.15, -0.1) is 0 Å². The Balaban J connectivity index is 2.23. The number of aliphatic hydroxyl groups excluding tert-OH is 1. The number of aliphatic hydroxyl groups is 1. The summed E-state index contributed by atoms with van der Waals surface area (Å²) in [6, 6.07) is 2.94. The highest BCUT2D eigenvalue weighted by Gasteiger charge is 2.26. The molecule has 1 atom stereocenters. The van der Waals surface area contributed by atoms with Gasteiger partial charge in [0, 0.05) is 0 Å². The summed E-state index contributed by atoms with van der Waals surface area (Å²) in [7, 11) is 0. The topological polar surface area (TPSA) is 79.5 Å². The molecule has 2 heterocycles. The van der Waals surface area contributed by atoms with Crippen molar-refractivity contribution in [2.24, 2.45) is 5.41 Å². The van der Waals surface area contributed by atoms with E-state index in [0.29, 0.717) is 10.8 Å². The van der Waals surface area contributed by atoms with Crippen LogP contribution in [0.2, 0.25) is 5.15 Å². The number of amides is 1. The van der Waals surface area contributed by atoms with Gasteiger partial charge in [0.1, 0.15) is 10.8 Å². The fourth-order valence-electron chi connectivity index (χ4n) is 1.74. The fourth-order valence-corrected chi connectivity index (χ4v) is 1.88. The minimum Gasteiger partial charge on any atom is -0.394 e. The summed E-state index contributed by atoms with van der Waals surface area (Å²) in [5, 5.41) is 16.5. The molecule has 0 aromatic carbocycles. The number of nitrogens with zero attached hydrogens (tertiary/aromatic N) is 3. The van der Waals surface area contributed by atoms with Gasteiger partial charge in [-0.05, 0) is 17.5 Å². The van der Waals surface area contributed by atoms with Crippen LogP contribution in [0, 0.1) is 5.41 Å². The second kappa shape index (κ2) is 5.38. The van der Waals surface area contributed by atoms with Gasteiger partial charge in [-0.2, -0.15) is 5.10 Å². The van der Waals surface area contributed by atoms with Gasteiger partial charge >= 0.3 is 0 Å². The predicted octanol–water partition coefficient (Wildman–Crippen LogP) is 1.52. The first kappa shape index (κ1) is 14.7. The van der Waals surface area contributed by atoms with Gasteiger partial charge in [0.15, 0.2) is 5.65 Å². The Morgan fingerprint density at radius 2 is 2.20 bits per heavy atom. The maximum atomic E-state index is 12.2. The Morgan fingerprint density at radius 3 is 2.80 bits per heavy atom. The number of hydrogen-bond acceptors (Lipinski definition) is 4. The average Bonchev–Trinajstić information content (AvgIpc) is 2.77. The highest BCUT2D eigenvalue weighted by Crippen LogP contribution is 2.19. The molecule has 2 N–H and O–H groups in total. The molecule has 108 valence electrons. The normalized spacial score (nSPS) is 13.4. The lowest BCUT2D eigenvalue weighted by atomic mass is 9.87. The smallest absolute Gasteiger partial charge is 0.271 e. The Labute approximate surface area is 121 Å². The van der Waals surface area contributed by atoms with Crippen LogP contribution in [0.5, 0.6) is 0 Å². The molecule has 7 heteroatoms. The monoisotopic (exact) mass is 296 g/mol. The summed E-state index contributed by atoms with van der Waals surface area (Å²) in [4.78, 5) is 16.3. The molecule has 0 spiro atoms. The maximum Gasteiger partial charge on any atom is 0.271 e. The summed E-state index contributed by atoms with van der Waals surface area (Å²) in [5.74, 6) is -0.347. The zero-order valence-electron chi connectivity index (χ0n) is 11.6. The van der Waals surface area contributed by atoms with Gasteiger partial charge in [0.25, 0.3) is 5.91 Å². The van der Waals surface area contributed by atoms with Gasteiger partial charge in [0.2, 0.25) is 0 Å². The minimum absolute atomic E-state index is 0.132. The standard InChI is InChI=1S/C13H17ClN4O2/c1-13(2,3)9(7-19)16-12(20)8-6-18-11(15-8)5-4-10(14)17-18/h4-6,9,19H,7H2,1-3H3,(H,16,20). The highest BCUT2D eigenvalue weighted by atomic mass is 35.5. The van der Waals surface area contributed by atoms with Crippen molar-refractivity contribution in [3.8, 4) is 0 Å². The van der Waals surface area contributed by atoms with Crippen molar-refractivity contribution < 1.29 is 9.90 Å². The molecule has 0 saturated heterocycles. The molecule has 20 heavy (non-hydrogen) atoms. The van der Waals surface area contributed by atoms with Crippen LogP contribution in [-0.2, 0) is 0 Å². The molecule has 0 fully saturated rings. The maximum absolute atomic E-state index is 12.2. The summed E-state index contributed by atoms with van der Waals surface area (Å²) >= 11 is 5.78. The van der Waals surface area contributed by atoms with Gasteiger partial charge in [-0.3, -0.25) is 4.79 Å². The molecule has 0 aliphatic heterocycles. The molecule has 6 nitrogen and oxygen atoms in total. The van der Waals surface area contributed by atoms with Crippen LogP contribution in [0.15, 0.2) is 18.3 Å². The van der Waals surface area contributed by atoms with E-state index in [1.807, 2.05) is 20.8 Å². The van der Waals surface area contributed by atoms with Crippen molar-refractivity contribution in [3.63, 3.8) is 0 Å². The van der Waals surface area contributed by atoms with Crippen molar-refractivity contribution in [1.82, 2.24) is 19.9 Å². The van der Waals surface area contributed by atoms with Crippen LogP contribution in [0.25, 0.3) is 5.65 Å². The van der Waals surface area contributed by atoms with Crippen LogP contribution in [0.3, 0.4) is 0 Å². The molecular weight excluding hydrogens is 280 g/mol. The van der Waals surface area contributed by atoms with E-state index >= 15 is 0 Å². The van der Waals surface area contributed by atoms with E-state index in [4.69, 9.17) is 11.6 Å². The number of rotatable bonds is 3. The van der Waals surface area contributed by atoms with Crippen LogP contribution in [0.4, 0.5) is 0 Å². The number of nitrogens with one attached hydrogen (secondary N) is 1. The number of halogens is 1. The van der Waals surface area contributed by atoms with E-state index in [0.717, 1.165) is 0 Å². The quantitative estimate of drug-likeness (QED) is 0.900. The summed E-state index contributed by atoms with van der Waals surface area (Å²) < 4.78 is 1.45. The highest BCUT2D eigenvalue weighted by molar-refractivity contribution is 6.29. The van der Waals surface area contributed by atoms with E-state index in [-0.39, 0.29) is 29.7 Å². The number of carbonyl (C=O) groups excluding carboxylic acids is 1. The van der Waals surface area contributed by atoms with Crippen molar-refractivity contribution in [2.75, 3.05) is 6.61 Å². The molecule has 2 aromatic rings. The third kappa shape index (κ3) is 3.08. The van der Waals surface area contributed by atoms with Gasteiger partial charge in [-0.25, -0.2) is 9.50 Å². The van der Waals surface area contributed by atoms with E-state index < -0.39 is 0 Å². The molecule has 0 saturated carbocycles. The Bertz CT molecular complexity index is 633. The van der Waals surface area contributed by atoms with Gasteiger partial charge < -0.3 is 10.4 Å². The molecule has 2 rings (SSSR count). The Morgan fingerprint density at radius 1 is 1.50 bits per heavy atom. The molecule has 2 aromatic heterocycles. The van der Waals surface area contributed by atoms with Crippen molar-refractivity contribution >= 4 is 23.2 Å². The van der Waals surface area contributed by atoms with Crippen LogP contribution in [-0.4, -0.2) is 38.3 Å². The molecular formula is C13H17ClN4O2. The van der Waals surface area contributed by atoms with Gasteiger partial charge in [-0.1, -0.05) is 32.4 Å². The Kier molecular flexibility index (Phi) is 3.96.